The van der Waals surface area contributed by atoms with Crippen LogP contribution in [0.25, 0.3) is 0 Å². The average molecular weight is 395 g/mol. The quantitative estimate of drug-likeness (QED) is 0.657. The molecule has 28 heavy (non-hydrogen) atoms. The molecule has 0 unspecified atom stereocenters. The van der Waals surface area contributed by atoms with E-state index in [1.165, 1.54) is 13.2 Å². The Kier molecular flexibility index (Phi) is 6.76. The molecule has 0 fully saturated rings. The summed E-state index contributed by atoms with van der Waals surface area (Å²) >= 11 is 0. The highest BCUT2D eigenvalue weighted by Gasteiger charge is 2.18. The Morgan fingerprint density at radius 2 is 1.71 bits per heavy atom. The highest BCUT2D eigenvalue weighted by molar-refractivity contribution is 5.54. The highest BCUT2D eigenvalue weighted by Crippen LogP contribution is 2.40. The second kappa shape index (κ2) is 9.45. The number of fused-ring (bicyclic) bond motifs is 1. The largest absolute Gasteiger partial charge is 0.493 e. The summed E-state index contributed by atoms with van der Waals surface area (Å²) < 4.78 is 51.0. The fourth-order valence-corrected chi connectivity index (χ4v) is 2.96. The molecule has 0 saturated carbocycles. The van der Waals surface area contributed by atoms with Gasteiger partial charge >= 0.3 is 6.61 Å². The SMILES string of the molecule is COc1cc(CCNCc2cc(OC)c3c(c2)OCCO3)ccc1OC(F)F. The zero-order valence-corrected chi connectivity index (χ0v) is 15.8. The number of alkyl halides is 2. The molecule has 0 bridgehead atoms. The summed E-state index contributed by atoms with van der Waals surface area (Å²) in [6, 6.07) is 8.79. The van der Waals surface area contributed by atoms with Gasteiger partial charge in [0.05, 0.1) is 14.2 Å². The van der Waals surface area contributed by atoms with E-state index in [9.17, 15) is 8.78 Å². The molecule has 0 atom stereocenters. The molecule has 6 nitrogen and oxygen atoms in total. The van der Waals surface area contributed by atoms with E-state index in [4.69, 9.17) is 18.9 Å². The summed E-state index contributed by atoms with van der Waals surface area (Å²) in [5.74, 6) is 2.28. The lowest BCUT2D eigenvalue weighted by Gasteiger charge is -2.21. The zero-order chi connectivity index (χ0) is 19.9. The zero-order valence-electron chi connectivity index (χ0n) is 15.8. The van der Waals surface area contributed by atoms with Crippen molar-refractivity contribution < 1.29 is 32.5 Å². The van der Waals surface area contributed by atoms with Crippen LogP contribution >= 0.6 is 0 Å². The van der Waals surface area contributed by atoms with Gasteiger partial charge in [0.15, 0.2) is 23.0 Å². The summed E-state index contributed by atoms with van der Waals surface area (Å²) in [6.45, 7) is -0.554. The van der Waals surface area contributed by atoms with Gasteiger partial charge in [-0.2, -0.15) is 8.78 Å². The van der Waals surface area contributed by atoms with Gasteiger partial charge in [0, 0.05) is 6.54 Å². The van der Waals surface area contributed by atoms with Crippen molar-refractivity contribution >= 4 is 0 Å². The number of hydrogen-bond donors (Lipinski definition) is 1. The van der Waals surface area contributed by atoms with E-state index in [1.54, 1.807) is 19.2 Å². The Morgan fingerprint density at radius 1 is 0.964 bits per heavy atom. The van der Waals surface area contributed by atoms with Crippen LogP contribution in [-0.4, -0.2) is 40.6 Å². The minimum Gasteiger partial charge on any atom is -0.493 e. The maximum atomic E-state index is 12.4. The van der Waals surface area contributed by atoms with Crippen LogP contribution in [0.5, 0.6) is 28.7 Å². The number of halogens is 2. The van der Waals surface area contributed by atoms with Crippen LogP contribution in [0.15, 0.2) is 30.3 Å². The van der Waals surface area contributed by atoms with E-state index in [1.807, 2.05) is 12.1 Å². The first-order chi connectivity index (χ1) is 13.6. The van der Waals surface area contributed by atoms with Gasteiger partial charge in [-0.3, -0.25) is 0 Å². The van der Waals surface area contributed by atoms with E-state index in [2.05, 4.69) is 10.1 Å². The first-order valence-corrected chi connectivity index (χ1v) is 8.89. The smallest absolute Gasteiger partial charge is 0.387 e. The molecule has 1 heterocycles. The maximum Gasteiger partial charge on any atom is 0.387 e. The molecule has 0 saturated heterocycles. The third kappa shape index (κ3) is 4.95. The third-order valence-corrected chi connectivity index (χ3v) is 4.25. The van der Waals surface area contributed by atoms with Gasteiger partial charge in [-0.25, -0.2) is 0 Å². The fourth-order valence-electron chi connectivity index (χ4n) is 2.96. The molecular formula is C20H23F2NO5. The molecule has 0 radical (unpaired) electrons. The molecule has 1 aliphatic heterocycles. The average Bonchev–Trinajstić information content (AvgIpc) is 2.71. The summed E-state index contributed by atoms with van der Waals surface area (Å²) in [4.78, 5) is 0. The van der Waals surface area contributed by atoms with Crippen molar-refractivity contribution in [2.75, 3.05) is 34.0 Å². The summed E-state index contributed by atoms with van der Waals surface area (Å²) in [7, 11) is 3.02. The van der Waals surface area contributed by atoms with Gasteiger partial charge in [-0.1, -0.05) is 6.07 Å². The molecule has 3 rings (SSSR count). The van der Waals surface area contributed by atoms with Crippen LogP contribution in [0.2, 0.25) is 0 Å². The Bertz CT molecular complexity index is 783. The standard InChI is InChI=1S/C20H23F2NO5/c1-24-16-9-13(3-4-15(16)28-20(21)22)5-6-23-12-14-10-17(25-2)19-18(11-14)26-7-8-27-19/h3-4,9-11,20,23H,5-8,12H2,1-2H3. The van der Waals surface area contributed by atoms with Crippen LogP contribution in [0.3, 0.4) is 0 Å². The van der Waals surface area contributed by atoms with Gasteiger partial charge in [0.1, 0.15) is 13.2 Å². The number of rotatable bonds is 9. The Hall–Kier alpha value is -2.74. The predicted molar refractivity (Wildman–Crippen MR) is 99.0 cm³/mol. The molecule has 152 valence electrons. The molecule has 0 spiro atoms. The third-order valence-electron chi connectivity index (χ3n) is 4.25. The van der Waals surface area contributed by atoms with Crippen molar-refractivity contribution in [3.8, 4) is 28.7 Å². The predicted octanol–water partition coefficient (Wildman–Crippen LogP) is 3.41. The van der Waals surface area contributed by atoms with Crippen molar-refractivity contribution in [1.82, 2.24) is 5.32 Å². The van der Waals surface area contributed by atoms with Crippen molar-refractivity contribution in [2.24, 2.45) is 0 Å². The number of nitrogens with one attached hydrogen (secondary N) is 1. The topological polar surface area (TPSA) is 58.2 Å². The molecule has 0 aromatic heterocycles. The number of ether oxygens (including phenoxy) is 5. The Labute approximate surface area is 162 Å². The molecule has 1 aliphatic rings. The minimum atomic E-state index is -2.88. The van der Waals surface area contributed by atoms with Gasteiger partial charge in [0.2, 0.25) is 5.75 Å². The first-order valence-electron chi connectivity index (χ1n) is 8.89. The van der Waals surface area contributed by atoms with E-state index in [-0.39, 0.29) is 11.5 Å². The van der Waals surface area contributed by atoms with Crippen LogP contribution in [0.1, 0.15) is 11.1 Å². The van der Waals surface area contributed by atoms with Crippen molar-refractivity contribution in [1.29, 1.82) is 0 Å². The number of hydrogen-bond acceptors (Lipinski definition) is 6. The fraction of sp³-hybridized carbons (Fsp3) is 0.400. The number of benzene rings is 2. The minimum absolute atomic E-state index is 0.0255. The maximum absolute atomic E-state index is 12.4. The van der Waals surface area contributed by atoms with Gasteiger partial charge < -0.3 is 29.0 Å². The van der Waals surface area contributed by atoms with Crippen molar-refractivity contribution in [3.05, 3.63) is 41.5 Å². The van der Waals surface area contributed by atoms with E-state index in [0.29, 0.717) is 50.0 Å². The van der Waals surface area contributed by atoms with Crippen LogP contribution < -0.4 is 29.0 Å². The lowest BCUT2D eigenvalue weighted by Crippen LogP contribution is -2.19. The monoisotopic (exact) mass is 395 g/mol. The second-order valence-electron chi connectivity index (χ2n) is 6.11. The first kappa shape index (κ1) is 20.0. The molecule has 2 aromatic carbocycles. The van der Waals surface area contributed by atoms with E-state index in [0.717, 1.165) is 11.1 Å². The Morgan fingerprint density at radius 3 is 2.46 bits per heavy atom. The number of methoxy groups -OCH3 is 2. The molecule has 2 aromatic rings. The van der Waals surface area contributed by atoms with Crippen molar-refractivity contribution in [3.63, 3.8) is 0 Å². The second-order valence-corrected chi connectivity index (χ2v) is 6.11. The lowest BCUT2D eigenvalue weighted by atomic mass is 10.1. The summed E-state index contributed by atoms with van der Waals surface area (Å²) in [6.07, 6.45) is 0.701. The van der Waals surface area contributed by atoms with Crippen LogP contribution in [0.4, 0.5) is 8.78 Å². The lowest BCUT2D eigenvalue weighted by molar-refractivity contribution is -0.0512. The van der Waals surface area contributed by atoms with E-state index >= 15 is 0 Å². The summed E-state index contributed by atoms with van der Waals surface area (Å²) in [5, 5.41) is 3.35. The van der Waals surface area contributed by atoms with E-state index < -0.39 is 6.61 Å². The van der Waals surface area contributed by atoms with Crippen LogP contribution in [-0.2, 0) is 13.0 Å². The van der Waals surface area contributed by atoms with Crippen molar-refractivity contribution in [2.45, 2.75) is 19.6 Å². The van der Waals surface area contributed by atoms with Gasteiger partial charge in [0.25, 0.3) is 0 Å². The molecule has 8 heteroatoms. The van der Waals surface area contributed by atoms with Gasteiger partial charge in [-0.05, 0) is 48.4 Å². The highest BCUT2D eigenvalue weighted by atomic mass is 19.3. The Balaban J connectivity index is 1.56. The van der Waals surface area contributed by atoms with Gasteiger partial charge in [-0.15, -0.1) is 0 Å². The molecule has 0 aliphatic carbocycles. The van der Waals surface area contributed by atoms with Crippen LogP contribution in [0, 0.1) is 0 Å². The normalized spacial score (nSPS) is 12.8. The summed E-state index contributed by atoms with van der Waals surface area (Å²) in [5.41, 5.74) is 1.96. The molecule has 1 N–H and O–H groups in total. The molecule has 0 amide bonds. The molecular weight excluding hydrogens is 372 g/mol.